The van der Waals surface area contributed by atoms with Crippen molar-refractivity contribution in [3.8, 4) is 0 Å². The lowest BCUT2D eigenvalue weighted by Gasteiger charge is -2.14. The van der Waals surface area contributed by atoms with Crippen LogP contribution < -0.4 is 5.32 Å². The number of nitrogens with one attached hydrogen (secondary N) is 1. The standard InChI is InChI=1S/C7H18NO2P/c1-5-10-11(4,9)6-8-7(2)3/h7-8H,5-6H2,1-4H3. The molecule has 11 heavy (non-hydrogen) atoms. The molecule has 0 heterocycles. The summed E-state index contributed by atoms with van der Waals surface area (Å²) >= 11 is 0. The molecule has 1 unspecified atom stereocenters. The molecule has 0 saturated heterocycles. The van der Waals surface area contributed by atoms with Crippen molar-refractivity contribution >= 4 is 7.37 Å². The molecule has 0 amide bonds. The van der Waals surface area contributed by atoms with Crippen LogP contribution in [0.5, 0.6) is 0 Å². The molecule has 3 nitrogen and oxygen atoms in total. The molecule has 0 aliphatic heterocycles. The first-order valence-electron chi connectivity index (χ1n) is 3.92. The average molecular weight is 179 g/mol. The average Bonchev–Trinajstić information content (AvgIpc) is 1.84. The van der Waals surface area contributed by atoms with E-state index in [1.807, 2.05) is 20.8 Å². The third kappa shape index (κ3) is 6.54. The summed E-state index contributed by atoms with van der Waals surface area (Å²) < 4.78 is 16.5. The fraction of sp³-hybridized carbons (Fsp3) is 1.00. The van der Waals surface area contributed by atoms with Gasteiger partial charge in [0.2, 0.25) is 7.37 Å². The van der Waals surface area contributed by atoms with Gasteiger partial charge in [-0.1, -0.05) is 13.8 Å². The van der Waals surface area contributed by atoms with Gasteiger partial charge in [-0.25, -0.2) is 0 Å². The van der Waals surface area contributed by atoms with E-state index in [1.54, 1.807) is 6.66 Å². The van der Waals surface area contributed by atoms with Gasteiger partial charge in [-0.3, -0.25) is 4.57 Å². The maximum Gasteiger partial charge on any atom is 0.213 e. The molecule has 0 spiro atoms. The van der Waals surface area contributed by atoms with Crippen LogP contribution in [0.25, 0.3) is 0 Å². The summed E-state index contributed by atoms with van der Waals surface area (Å²) in [6.07, 6.45) is 0.471. The van der Waals surface area contributed by atoms with Gasteiger partial charge in [-0.15, -0.1) is 0 Å². The molecule has 0 aromatic rings. The van der Waals surface area contributed by atoms with Crippen LogP contribution in [0.1, 0.15) is 20.8 Å². The van der Waals surface area contributed by atoms with E-state index in [0.29, 0.717) is 18.9 Å². The highest BCUT2D eigenvalue weighted by atomic mass is 31.2. The molecule has 0 aromatic heterocycles. The first kappa shape index (κ1) is 11.2. The van der Waals surface area contributed by atoms with E-state index in [0.717, 1.165) is 0 Å². The zero-order valence-corrected chi connectivity index (χ0v) is 8.65. The van der Waals surface area contributed by atoms with Crippen LogP contribution in [0.15, 0.2) is 0 Å². The largest absolute Gasteiger partial charge is 0.328 e. The van der Waals surface area contributed by atoms with Crippen molar-refractivity contribution in [2.24, 2.45) is 0 Å². The van der Waals surface area contributed by atoms with E-state index < -0.39 is 7.37 Å². The second kappa shape index (κ2) is 4.91. The van der Waals surface area contributed by atoms with Crippen molar-refractivity contribution in [3.63, 3.8) is 0 Å². The van der Waals surface area contributed by atoms with Gasteiger partial charge in [0.1, 0.15) is 0 Å². The van der Waals surface area contributed by atoms with Gasteiger partial charge in [0.25, 0.3) is 0 Å². The van der Waals surface area contributed by atoms with Gasteiger partial charge in [0.05, 0.1) is 12.9 Å². The molecule has 68 valence electrons. The fourth-order valence-electron chi connectivity index (χ4n) is 0.667. The third-order valence-electron chi connectivity index (χ3n) is 1.19. The van der Waals surface area contributed by atoms with Crippen molar-refractivity contribution in [2.75, 3.05) is 19.6 Å². The van der Waals surface area contributed by atoms with Crippen molar-refractivity contribution in [1.29, 1.82) is 0 Å². The SMILES string of the molecule is CCOP(C)(=O)CNC(C)C. The van der Waals surface area contributed by atoms with Crippen LogP contribution in [0.3, 0.4) is 0 Å². The normalized spacial score (nSPS) is 16.8. The maximum atomic E-state index is 11.4. The summed E-state index contributed by atoms with van der Waals surface area (Å²) in [7, 11) is -2.36. The predicted octanol–water partition coefficient (Wildman–Crippen LogP) is 1.89. The van der Waals surface area contributed by atoms with Gasteiger partial charge >= 0.3 is 0 Å². The Balaban J connectivity index is 3.64. The molecule has 0 bridgehead atoms. The van der Waals surface area contributed by atoms with Crippen molar-refractivity contribution < 1.29 is 9.09 Å². The van der Waals surface area contributed by atoms with Gasteiger partial charge in [-0.2, -0.15) is 0 Å². The Kier molecular flexibility index (Phi) is 4.98. The molecule has 0 rings (SSSR count). The summed E-state index contributed by atoms with van der Waals surface area (Å²) in [6.45, 7) is 8.07. The van der Waals surface area contributed by atoms with E-state index in [1.165, 1.54) is 0 Å². The molecule has 0 saturated carbocycles. The monoisotopic (exact) mass is 179 g/mol. The lowest BCUT2D eigenvalue weighted by Crippen LogP contribution is -2.24. The molecule has 0 aliphatic rings. The van der Waals surface area contributed by atoms with Crippen molar-refractivity contribution in [2.45, 2.75) is 26.8 Å². The van der Waals surface area contributed by atoms with E-state index in [9.17, 15) is 4.57 Å². The van der Waals surface area contributed by atoms with Gasteiger partial charge in [0, 0.05) is 12.7 Å². The molecular weight excluding hydrogens is 161 g/mol. The molecule has 1 N–H and O–H groups in total. The maximum absolute atomic E-state index is 11.4. The molecule has 0 radical (unpaired) electrons. The van der Waals surface area contributed by atoms with E-state index in [2.05, 4.69) is 5.32 Å². The zero-order chi connectivity index (χ0) is 8.91. The van der Waals surface area contributed by atoms with Gasteiger partial charge in [0.15, 0.2) is 0 Å². The Bertz CT molecular complexity index is 147. The predicted molar refractivity (Wildman–Crippen MR) is 48.3 cm³/mol. The first-order valence-corrected chi connectivity index (χ1v) is 6.18. The summed E-state index contributed by atoms with van der Waals surface area (Å²) in [5, 5.41) is 3.08. The summed E-state index contributed by atoms with van der Waals surface area (Å²) in [5.74, 6) is 0. The van der Waals surface area contributed by atoms with E-state index in [-0.39, 0.29) is 0 Å². The number of hydrogen-bond acceptors (Lipinski definition) is 3. The van der Waals surface area contributed by atoms with E-state index in [4.69, 9.17) is 4.52 Å². The van der Waals surface area contributed by atoms with Gasteiger partial charge in [-0.05, 0) is 6.92 Å². The Morgan fingerprint density at radius 3 is 2.45 bits per heavy atom. The molecule has 4 heteroatoms. The third-order valence-corrected chi connectivity index (χ3v) is 2.75. The molecule has 0 aromatic carbocycles. The highest BCUT2D eigenvalue weighted by Crippen LogP contribution is 2.40. The fourth-order valence-corrected chi connectivity index (χ4v) is 2.00. The van der Waals surface area contributed by atoms with E-state index >= 15 is 0 Å². The number of hydrogen-bond donors (Lipinski definition) is 1. The van der Waals surface area contributed by atoms with Crippen LogP contribution >= 0.6 is 7.37 Å². The summed E-state index contributed by atoms with van der Waals surface area (Å²) in [6, 6.07) is 0.365. The van der Waals surface area contributed by atoms with Crippen molar-refractivity contribution in [1.82, 2.24) is 5.32 Å². The number of rotatable bonds is 5. The minimum Gasteiger partial charge on any atom is -0.328 e. The second-order valence-electron chi connectivity index (χ2n) is 2.95. The van der Waals surface area contributed by atoms with Crippen LogP contribution in [-0.2, 0) is 9.09 Å². The lowest BCUT2D eigenvalue weighted by atomic mass is 10.4. The quantitative estimate of drug-likeness (QED) is 0.655. The van der Waals surface area contributed by atoms with Crippen LogP contribution in [-0.4, -0.2) is 25.6 Å². The Morgan fingerprint density at radius 2 is 2.09 bits per heavy atom. The topological polar surface area (TPSA) is 38.3 Å². The summed E-state index contributed by atoms with van der Waals surface area (Å²) in [5.41, 5.74) is 0. The van der Waals surface area contributed by atoms with Crippen LogP contribution in [0, 0.1) is 0 Å². The van der Waals surface area contributed by atoms with Gasteiger partial charge < -0.3 is 9.84 Å². The first-order chi connectivity index (χ1) is 4.98. The Hall–Kier alpha value is 0.150. The zero-order valence-electron chi connectivity index (χ0n) is 7.76. The van der Waals surface area contributed by atoms with Crippen LogP contribution in [0.4, 0.5) is 0 Å². The second-order valence-corrected chi connectivity index (χ2v) is 5.55. The molecule has 0 fully saturated rings. The minimum absolute atomic E-state index is 0.365. The molecule has 0 aliphatic carbocycles. The Labute approximate surface area is 69.0 Å². The van der Waals surface area contributed by atoms with Crippen molar-refractivity contribution in [3.05, 3.63) is 0 Å². The molecule has 1 atom stereocenters. The Morgan fingerprint density at radius 1 is 1.55 bits per heavy atom. The summed E-state index contributed by atoms with van der Waals surface area (Å²) in [4.78, 5) is 0. The minimum atomic E-state index is -2.36. The highest BCUT2D eigenvalue weighted by molar-refractivity contribution is 7.58. The molecular formula is C7H18NO2P. The smallest absolute Gasteiger partial charge is 0.213 e. The highest BCUT2D eigenvalue weighted by Gasteiger charge is 2.14. The van der Waals surface area contributed by atoms with Crippen LogP contribution in [0.2, 0.25) is 0 Å². The lowest BCUT2D eigenvalue weighted by molar-refractivity contribution is 0.333.